The Labute approximate surface area is 114 Å². The van der Waals surface area contributed by atoms with E-state index in [2.05, 4.69) is 27.7 Å². The van der Waals surface area contributed by atoms with Crippen molar-refractivity contribution in [1.29, 1.82) is 0 Å². The molecule has 0 N–H and O–H groups in total. The van der Waals surface area contributed by atoms with Crippen molar-refractivity contribution in [1.82, 2.24) is 0 Å². The van der Waals surface area contributed by atoms with Gasteiger partial charge in [-0.3, -0.25) is 4.79 Å². The predicted molar refractivity (Wildman–Crippen MR) is 78.6 cm³/mol. The van der Waals surface area contributed by atoms with Gasteiger partial charge in [0.25, 0.3) is 0 Å². The topological polar surface area (TPSA) is 17.1 Å². The standard InChI is InChI=1S/C17H32O/c1-13(2)12-17(18)7-5-6-15-8-10-16(11-9-15)14(3)4/h13-16H,5-12H2,1-4H3/t15-,16+. The lowest BCUT2D eigenvalue weighted by atomic mass is 9.75. The van der Waals surface area contributed by atoms with E-state index in [-0.39, 0.29) is 0 Å². The number of hydrogen-bond acceptors (Lipinski definition) is 1. The lowest BCUT2D eigenvalue weighted by molar-refractivity contribution is -0.119. The van der Waals surface area contributed by atoms with E-state index in [4.69, 9.17) is 0 Å². The van der Waals surface area contributed by atoms with Crippen LogP contribution in [0.2, 0.25) is 0 Å². The van der Waals surface area contributed by atoms with Crippen molar-refractivity contribution >= 4 is 5.78 Å². The molecule has 0 saturated heterocycles. The van der Waals surface area contributed by atoms with Gasteiger partial charge in [-0.1, -0.05) is 47.0 Å². The molecule has 0 aromatic rings. The molecule has 1 nitrogen and oxygen atoms in total. The van der Waals surface area contributed by atoms with Gasteiger partial charge in [0, 0.05) is 12.8 Å². The number of ketones is 1. The van der Waals surface area contributed by atoms with Gasteiger partial charge >= 0.3 is 0 Å². The summed E-state index contributed by atoms with van der Waals surface area (Å²) >= 11 is 0. The first kappa shape index (κ1) is 15.7. The molecule has 1 aliphatic carbocycles. The summed E-state index contributed by atoms with van der Waals surface area (Å²) in [6.45, 7) is 8.97. The van der Waals surface area contributed by atoms with Crippen LogP contribution in [-0.4, -0.2) is 5.78 Å². The third-order valence-corrected chi connectivity index (χ3v) is 4.54. The highest BCUT2D eigenvalue weighted by molar-refractivity contribution is 5.78. The number of Topliss-reactive ketones (excluding diaryl/α,β-unsaturated/α-hetero) is 1. The van der Waals surface area contributed by atoms with Crippen LogP contribution in [0.4, 0.5) is 0 Å². The zero-order valence-corrected chi connectivity index (χ0v) is 12.9. The molecule has 0 heterocycles. The molecule has 0 unspecified atom stereocenters. The van der Waals surface area contributed by atoms with E-state index < -0.39 is 0 Å². The SMILES string of the molecule is CC(C)CC(=O)CCC[C@H]1CC[C@@H](C(C)C)CC1. The summed E-state index contributed by atoms with van der Waals surface area (Å²) in [5.74, 6) is 3.73. The summed E-state index contributed by atoms with van der Waals surface area (Å²) in [6, 6.07) is 0. The van der Waals surface area contributed by atoms with Gasteiger partial charge in [-0.15, -0.1) is 0 Å². The average molecular weight is 252 g/mol. The fraction of sp³-hybridized carbons (Fsp3) is 0.941. The van der Waals surface area contributed by atoms with Crippen molar-refractivity contribution in [2.75, 3.05) is 0 Å². The predicted octanol–water partition coefficient (Wildman–Crippen LogP) is 5.23. The fourth-order valence-corrected chi connectivity index (χ4v) is 3.29. The maximum absolute atomic E-state index is 11.6. The van der Waals surface area contributed by atoms with Crippen LogP contribution < -0.4 is 0 Å². The summed E-state index contributed by atoms with van der Waals surface area (Å²) in [5.41, 5.74) is 0. The summed E-state index contributed by atoms with van der Waals surface area (Å²) < 4.78 is 0. The van der Waals surface area contributed by atoms with Crippen molar-refractivity contribution in [3.63, 3.8) is 0 Å². The highest BCUT2D eigenvalue weighted by Gasteiger charge is 2.22. The molecule has 0 aromatic carbocycles. The first-order valence-corrected chi connectivity index (χ1v) is 8.00. The van der Waals surface area contributed by atoms with Crippen LogP contribution in [0.3, 0.4) is 0 Å². The molecule has 0 radical (unpaired) electrons. The summed E-state index contributed by atoms with van der Waals surface area (Å²) in [4.78, 5) is 11.6. The second-order valence-electron chi connectivity index (χ2n) is 7.05. The highest BCUT2D eigenvalue weighted by Crippen LogP contribution is 2.35. The molecule has 0 bridgehead atoms. The first-order chi connectivity index (χ1) is 8.49. The van der Waals surface area contributed by atoms with Gasteiger partial charge in [0.1, 0.15) is 5.78 Å². The van der Waals surface area contributed by atoms with Crippen molar-refractivity contribution in [2.24, 2.45) is 23.7 Å². The van der Waals surface area contributed by atoms with Crippen LogP contribution in [0.5, 0.6) is 0 Å². The van der Waals surface area contributed by atoms with Crippen LogP contribution in [-0.2, 0) is 4.79 Å². The normalized spacial score (nSPS) is 24.8. The van der Waals surface area contributed by atoms with Crippen LogP contribution in [0.25, 0.3) is 0 Å². The Hall–Kier alpha value is -0.330. The molecule has 1 aliphatic rings. The van der Waals surface area contributed by atoms with E-state index in [0.29, 0.717) is 11.7 Å². The smallest absolute Gasteiger partial charge is 0.133 e. The summed E-state index contributed by atoms with van der Waals surface area (Å²) in [7, 11) is 0. The lowest BCUT2D eigenvalue weighted by Gasteiger charge is -2.30. The highest BCUT2D eigenvalue weighted by atomic mass is 16.1. The molecule has 0 amide bonds. The Kier molecular flexibility index (Phi) is 6.96. The maximum Gasteiger partial charge on any atom is 0.133 e. The molecule has 1 saturated carbocycles. The Morgan fingerprint density at radius 2 is 1.67 bits per heavy atom. The molecule has 0 aromatic heterocycles. The van der Waals surface area contributed by atoms with E-state index in [9.17, 15) is 4.79 Å². The number of carbonyl (C=O) groups excluding carboxylic acids is 1. The molecular weight excluding hydrogens is 220 g/mol. The molecule has 1 heteroatoms. The molecule has 1 rings (SSSR count). The van der Waals surface area contributed by atoms with Gasteiger partial charge in [0.05, 0.1) is 0 Å². The molecule has 0 atom stereocenters. The Morgan fingerprint density at radius 1 is 1.06 bits per heavy atom. The zero-order chi connectivity index (χ0) is 13.5. The monoisotopic (exact) mass is 252 g/mol. The van der Waals surface area contributed by atoms with Crippen LogP contribution >= 0.6 is 0 Å². The Morgan fingerprint density at radius 3 is 2.17 bits per heavy atom. The first-order valence-electron chi connectivity index (χ1n) is 8.00. The minimum absolute atomic E-state index is 0.473. The average Bonchev–Trinajstić information content (AvgIpc) is 2.28. The van der Waals surface area contributed by atoms with Crippen molar-refractivity contribution < 1.29 is 4.79 Å². The van der Waals surface area contributed by atoms with Crippen molar-refractivity contribution in [3.05, 3.63) is 0 Å². The maximum atomic E-state index is 11.6. The van der Waals surface area contributed by atoms with Crippen LogP contribution in [0.15, 0.2) is 0 Å². The van der Waals surface area contributed by atoms with Gasteiger partial charge in [0.15, 0.2) is 0 Å². The minimum Gasteiger partial charge on any atom is -0.300 e. The van der Waals surface area contributed by atoms with Crippen molar-refractivity contribution in [3.8, 4) is 0 Å². The van der Waals surface area contributed by atoms with Gasteiger partial charge in [-0.25, -0.2) is 0 Å². The third-order valence-electron chi connectivity index (χ3n) is 4.54. The second-order valence-corrected chi connectivity index (χ2v) is 7.05. The summed E-state index contributed by atoms with van der Waals surface area (Å²) in [6.07, 6.45) is 9.66. The van der Waals surface area contributed by atoms with E-state index >= 15 is 0 Å². The quantitative estimate of drug-likeness (QED) is 0.606. The number of rotatable bonds is 7. The Bertz CT molecular complexity index is 234. The van der Waals surface area contributed by atoms with E-state index in [0.717, 1.165) is 37.0 Å². The molecule has 1 fully saturated rings. The van der Waals surface area contributed by atoms with Crippen molar-refractivity contribution in [2.45, 2.75) is 79.1 Å². The van der Waals surface area contributed by atoms with Gasteiger partial charge in [-0.2, -0.15) is 0 Å². The number of carbonyl (C=O) groups is 1. The summed E-state index contributed by atoms with van der Waals surface area (Å²) in [5, 5.41) is 0. The molecular formula is C17H32O. The van der Waals surface area contributed by atoms with Gasteiger partial charge in [0.2, 0.25) is 0 Å². The minimum atomic E-state index is 0.473. The van der Waals surface area contributed by atoms with Crippen LogP contribution in [0, 0.1) is 23.7 Å². The Balaban J connectivity index is 2.09. The van der Waals surface area contributed by atoms with Crippen LogP contribution in [0.1, 0.15) is 79.1 Å². The van der Waals surface area contributed by atoms with E-state index in [1.165, 1.54) is 32.1 Å². The number of hydrogen-bond donors (Lipinski definition) is 0. The fourth-order valence-electron chi connectivity index (χ4n) is 3.29. The third kappa shape index (κ3) is 6.02. The molecule has 18 heavy (non-hydrogen) atoms. The molecule has 0 spiro atoms. The second kappa shape index (κ2) is 7.96. The van der Waals surface area contributed by atoms with E-state index in [1.54, 1.807) is 0 Å². The largest absolute Gasteiger partial charge is 0.300 e. The lowest BCUT2D eigenvalue weighted by Crippen LogP contribution is -2.18. The van der Waals surface area contributed by atoms with E-state index in [1.807, 2.05) is 0 Å². The van der Waals surface area contributed by atoms with Gasteiger partial charge in [-0.05, 0) is 42.9 Å². The molecule has 0 aliphatic heterocycles. The zero-order valence-electron chi connectivity index (χ0n) is 12.9. The van der Waals surface area contributed by atoms with Gasteiger partial charge < -0.3 is 0 Å². The molecule has 106 valence electrons.